The third-order valence-electron chi connectivity index (χ3n) is 3.21. The smallest absolute Gasteiger partial charge is 0.0785 e. The highest BCUT2D eigenvalue weighted by atomic mass is 35.5. The fraction of sp³-hybridized carbons (Fsp3) is 0.455. The Hall–Kier alpha value is -0.280. The number of hydrogen-bond acceptors (Lipinski definition) is 2. The molecule has 1 fully saturated rings. The first-order valence-corrected chi connectivity index (χ1v) is 5.82. The molecule has 2 aliphatic rings. The van der Waals surface area contributed by atoms with Gasteiger partial charge in [-0.05, 0) is 17.2 Å². The second-order valence-electron chi connectivity index (χ2n) is 4.05. The highest BCUT2D eigenvalue weighted by Crippen LogP contribution is 2.40. The molecule has 0 radical (unpaired) electrons. The standard InChI is InChI=1S/C11H11Cl2NO/c12-8-2-1-6-5-15-9-4-14-3-7(9)10(6)11(8)13/h1-2,7,9,14H,3-5H2/t7-,9+/m0/s1. The van der Waals surface area contributed by atoms with Gasteiger partial charge >= 0.3 is 0 Å². The van der Waals surface area contributed by atoms with E-state index in [0.29, 0.717) is 22.6 Å². The Morgan fingerprint density at radius 2 is 2.13 bits per heavy atom. The summed E-state index contributed by atoms with van der Waals surface area (Å²) in [6.45, 7) is 2.49. The first kappa shape index (κ1) is 9.91. The molecule has 2 atom stereocenters. The maximum Gasteiger partial charge on any atom is 0.0785 e. The van der Waals surface area contributed by atoms with E-state index in [9.17, 15) is 0 Å². The Morgan fingerprint density at radius 1 is 1.27 bits per heavy atom. The van der Waals surface area contributed by atoms with Crippen LogP contribution in [0.2, 0.25) is 10.0 Å². The highest BCUT2D eigenvalue weighted by molar-refractivity contribution is 6.42. The largest absolute Gasteiger partial charge is 0.372 e. The highest BCUT2D eigenvalue weighted by Gasteiger charge is 2.36. The summed E-state index contributed by atoms with van der Waals surface area (Å²) >= 11 is 12.3. The van der Waals surface area contributed by atoms with Crippen molar-refractivity contribution < 1.29 is 4.74 Å². The van der Waals surface area contributed by atoms with Gasteiger partial charge < -0.3 is 10.1 Å². The molecule has 80 valence electrons. The van der Waals surface area contributed by atoms with Gasteiger partial charge in [-0.15, -0.1) is 0 Å². The third-order valence-corrected chi connectivity index (χ3v) is 4.02. The van der Waals surface area contributed by atoms with Crippen LogP contribution in [-0.2, 0) is 11.3 Å². The SMILES string of the molecule is Clc1ccc2c(c1Cl)[C@H]1CNC[C@H]1OC2. The minimum Gasteiger partial charge on any atom is -0.372 e. The number of hydrogen-bond donors (Lipinski definition) is 1. The van der Waals surface area contributed by atoms with E-state index in [2.05, 4.69) is 5.32 Å². The molecular formula is C11H11Cl2NO. The monoisotopic (exact) mass is 243 g/mol. The molecule has 0 aromatic heterocycles. The normalized spacial score (nSPS) is 28.7. The lowest BCUT2D eigenvalue weighted by molar-refractivity contribution is 0.0300. The van der Waals surface area contributed by atoms with Crippen LogP contribution in [0.4, 0.5) is 0 Å². The molecule has 0 saturated carbocycles. The second kappa shape index (κ2) is 3.63. The van der Waals surface area contributed by atoms with E-state index in [-0.39, 0.29) is 6.10 Å². The van der Waals surface area contributed by atoms with Crippen molar-refractivity contribution in [3.05, 3.63) is 33.3 Å². The van der Waals surface area contributed by atoms with Crippen molar-refractivity contribution >= 4 is 23.2 Å². The maximum atomic E-state index is 6.26. The quantitative estimate of drug-likeness (QED) is 0.757. The molecule has 4 heteroatoms. The van der Waals surface area contributed by atoms with Crippen LogP contribution in [-0.4, -0.2) is 19.2 Å². The maximum absolute atomic E-state index is 6.26. The summed E-state index contributed by atoms with van der Waals surface area (Å²) in [5, 5.41) is 4.67. The number of fused-ring (bicyclic) bond motifs is 3. The molecule has 0 unspecified atom stereocenters. The van der Waals surface area contributed by atoms with Gasteiger partial charge in [0, 0.05) is 19.0 Å². The van der Waals surface area contributed by atoms with Crippen molar-refractivity contribution in [3.63, 3.8) is 0 Å². The molecule has 1 N–H and O–H groups in total. The molecule has 2 heterocycles. The van der Waals surface area contributed by atoms with Crippen molar-refractivity contribution in [2.24, 2.45) is 0 Å². The number of ether oxygens (including phenoxy) is 1. The summed E-state index contributed by atoms with van der Waals surface area (Å²) in [7, 11) is 0. The Bertz CT molecular complexity index is 408. The average molecular weight is 244 g/mol. The van der Waals surface area contributed by atoms with Crippen LogP contribution in [0.1, 0.15) is 17.0 Å². The molecule has 1 aromatic rings. The van der Waals surface area contributed by atoms with Crippen LogP contribution in [0.5, 0.6) is 0 Å². The molecule has 2 nitrogen and oxygen atoms in total. The summed E-state index contributed by atoms with van der Waals surface area (Å²) in [5.41, 5.74) is 2.36. The molecule has 0 aliphatic carbocycles. The van der Waals surface area contributed by atoms with Crippen LogP contribution in [0.15, 0.2) is 12.1 Å². The first-order valence-electron chi connectivity index (χ1n) is 5.06. The van der Waals surface area contributed by atoms with Crippen LogP contribution in [0.25, 0.3) is 0 Å². The lowest BCUT2D eigenvalue weighted by atomic mass is 9.89. The minimum absolute atomic E-state index is 0.258. The zero-order chi connectivity index (χ0) is 10.4. The zero-order valence-corrected chi connectivity index (χ0v) is 9.61. The van der Waals surface area contributed by atoms with E-state index >= 15 is 0 Å². The van der Waals surface area contributed by atoms with Gasteiger partial charge in [0.2, 0.25) is 0 Å². The zero-order valence-electron chi connectivity index (χ0n) is 8.09. The minimum atomic E-state index is 0.258. The molecule has 1 aromatic carbocycles. The Balaban J connectivity index is 2.14. The molecule has 2 aliphatic heterocycles. The topological polar surface area (TPSA) is 21.3 Å². The Labute approximate surface area is 98.5 Å². The van der Waals surface area contributed by atoms with Crippen molar-refractivity contribution in [2.75, 3.05) is 13.1 Å². The van der Waals surface area contributed by atoms with Gasteiger partial charge in [-0.3, -0.25) is 0 Å². The summed E-state index contributed by atoms with van der Waals surface area (Å²) in [5.74, 6) is 0.361. The van der Waals surface area contributed by atoms with E-state index in [0.717, 1.165) is 13.1 Å². The number of rotatable bonds is 0. The van der Waals surface area contributed by atoms with Crippen LogP contribution < -0.4 is 5.32 Å². The molecule has 15 heavy (non-hydrogen) atoms. The fourth-order valence-electron chi connectivity index (χ4n) is 2.45. The van der Waals surface area contributed by atoms with E-state index in [1.54, 1.807) is 0 Å². The van der Waals surface area contributed by atoms with Crippen LogP contribution in [0, 0.1) is 0 Å². The van der Waals surface area contributed by atoms with Gasteiger partial charge in [-0.1, -0.05) is 29.3 Å². The van der Waals surface area contributed by atoms with Gasteiger partial charge in [0.1, 0.15) is 0 Å². The lowest BCUT2D eigenvalue weighted by Crippen LogP contribution is -2.27. The van der Waals surface area contributed by atoms with Gasteiger partial charge in [0.15, 0.2) is 0 Å². The van der Waals surface area contributed by atoms with Gasteiger partial charge in [-0.2, -0.15) is 0 Å². The van der Waals surface area contributed by atoms with E-state index in [1.807, 2.05) is 12.1 Å². The van der Waals surface area contributed by atoms with Gasteiger partial charge in [0.05, 0.1) is 22.8 Å². The summed E-state index contributed by atoms with van der Waals surface area (Å²) in [6.07, 6.45) is 0.258. The average Bonchev–Trinajstić information content (AvgIpc) is 2.70. The Morgan fingerprint density at radius 3 is 3.00 bits per heavy atom. The third kappa shape index (κ3) is 1.48. The van der Waals surface area contributed by atoms with Crippen molar-refractivity contribution in [1.82, 2.24) is 5.32 Å². The Kier molecular flexibility index (Phi) is 2.40. The van der Waals surface area contributed by atoms with E-state index < -0.39 is 0 Å². The van der Waals surface area contributed by atoms with Gasteiger partial charge in [-0.25, -0.2) is 0 Å². The molecule has 1 saturated heterocycles. The molecular weight excluding hydrogens is 233 g/mol. The van der Waals surface area contributed by atoms with Crippen molar-refractivity contribution in [2.45, 2.75) is 18.6 Å². The van der Waals surface area contributed by atoms with Gasteiger partial charge in [0.25, 0.3) is 0 Å². The number of nitrogens with one attached hydrogen (secondary N) is 1. The van der Waals surface area contributed by atoms with E-state index in [1.165, 1.54) is 11.1 Å². The predicted molar refractivity (Wildman–Crippen MR) is 60.6 cm³/mol. The van der Waals surface area contributed by atoms with Crippen molar-refractivity contribution in [3.8, 4) is 0 Å². The number of halogens is 2. The number of benzene rings is 1. The summed E-state index contributed by atoms with van der Waals surface area (Å²) in [4.78, 5) is 0. The molecule has 0 amide bonds. The molecule has 3 rings (SSSR count). The predicted octanol–water partition coefficient (Wildman–Crippen LogP) is 2.58. The van der Waals surface area contributed by atoms with Crippen LogP contribution in [0.3, 0.4) is 0 Å². The second-order valence-corrected chi connectivity index (χ2v) is 4.83. The fourth-order valence-corrected chi connectivity index (χ4v) is 2.94. The lowest BCUT2D eigenvalue weighted by Gasteiger charge is -2.29. The van der Waals surface area contributed by atoms with Crippen LogP contribution >= 0.6 is 23.2 Å². The molecule has 0 spiro atoms. The van der Waals surface area contributed by atoms with Crippen molar-refractivity contribution in [1.29, 1.82) is 0 Å². The van der Waals surface area contributed by atoms with E-state index in [4.69, 9.17) is 27.9 Å². The first-order chi connectivity index (χ1) is 7.27. The summed E-state index contributed by atoms with van der Waals surface area (Å²) in [6, 6.07) is 3.85. The molecule has 0 bridgehead atoms. The summed E-state index contributed by atoms with van der Waals surface area (Å²) < 4.78 is 5.76.